The summed E-state index contributed by atoms with van der Waals surface area (Å²) in [6.45, 7) is 3.59. The Morgan fingerprint density at radius 2 is 2.26 bits per heavy atom. The van der Waals surface area contributed by atoms with Crippen molar-refractivity contribution < 1.29 is 18.7 Å². The Hall–Kier alpha value is -2.03. The highest BCUT2D eigenvalue weighted by atomic mass is 19.1. The van der Waals surface area contributed by atoms with Crippen LogP contribution in [0.5, 0.6) is 0 Å². The zero-order valence-corrected chi connectivity index (χ0v) is 15.6. The number of halogens is 1. The van der Waals surface area contributed by atoms with Crippen molar-refractivity contribution in [3.05, 3.63) is 24.0 Å². The molecule has 0 radical (unpaired) electrons. The second-order valence-electron chi connectivity index (χ2n) is 6.92. The second kappa shape index (κ2) is 8.77. The molecule has 1 heterocycles. The van der Waals surface area contributed by atoms with Crippen LogP contribution in [0.1, 0.15) is 26.2 Å². The van der Waals surface area contributed by atoms with Crippen molar-refractivity contribution in [2.75, 3.05) is 43.1 Å². The highest BCUT2D eigenvalue weighted by molar-refractivity contribution is 5.97. The molecule has 1 atom stereocenters. The first kappa shape index (κ1) is 19.7. The molecule has 1 saturated heterocycles. The monoisotopic (exact) mass is 378 g/mol. The molecule has 7 nitrogen and oxygen atoms in total. The lowest BCUT2D eigenvalue weighted by atomic mass is 9.90. The zero-order chi connectivity index (χ0) is 19.4. The van der Waals surface area contributed by atoms with Gasteiger partial charge in [-0.25, -0.2) is 4.39 Å². The summed E-state index contributed by atoms with van der Waals surface area (Å²) >= 11 is 0. The van der Waals surface area contributed by atoms with Gasteiger partial charge in [0.2, 0.25) is 5.91 Å². The van der Waals surface area contributed by atoms with Crippen molar-refractivity contribution in [1.29, 1.82) is 0 Å². The van der Waals surface area contributed by atoms with Crippen LogP contribution in [0.4, 0.5) is 15.8 Å². The lowest BCUT2D eigenvalue weighted by Gasteiger charge is -2.40. The summed E-state index contributed by atoms with van der Waals surface area (Å²) in [6, 6.07) is 4.30. The van der Waals surface area contributed by atoms with Gasteiger partial charge in [0.1, 0.15) is 18.5 Å². The fourth-order valence-electron chi connectivity index (χ4n) is 3.65. The average Bonchev–Trinajstić information content (AvgIpc) is 2.61. The Labute approximate surface area is 158 Å². The fraction of sp³-hybridized carbons (Fsp3) is 0.579. The standard InChI is InChI=1S/C19H27FN4O3/c1-2-23(14-4-3-5-14)17(11-21)19(26)22-13-6-7-16(15(20)10-13)24-8-9-27-12-18(24)25/h6-7,10,14,17H,2-5,8-9,11-12,21H2,1H3,(H,22,26)/t17-/m0/s1. The first-order valence-electron chi connectivity index (χ1n) is 9.49. The number of likely N-dealkylation sites (N-methyl/N-ethyl adjacent to an activating group) is 1. The molecular weight excluding hydrogens is 351 g/mol. The Kier molecular flexibility index (Phi) is 6.41. The smallest absolute Gasteiger partial charge is 0.253 e. The summed E-state index contributed by atoms with van der Waals surface area (Å²) < 4.78 is 19.6. The van der Waals surface area contributed by atoms with Crippen LogP contribution in [-0.4, -0.2) is 61.6 Å². The Balaban J connectivity index is 1.70. The maximum Gasteiger partial charge on any atom is 0.253 e. The Bertz CT molecular complexity index is 696. The van der Waals surface area contributed by atoms with E-state index in [9.17, 15) is 14.0 Å². The van der Waals surface area contributed by atoms with Crippen LogP contribution >= 0.6 is 0 Å². The van der Waals surface area contributed by atoms with E-state index in [1.807, 2.05) is 6.92 Å². The number of carbonyl (C=O) groups excluding carboxylic acids is 2. The number of benzene rings is 1. The SMILES string of the molecule is CCN(C1CCC1)[C@@H](CN)C(=O)Nc1ccc(N2CCOCC2=O)c(F)c1. The van der Waals surface area contributed by atoms with E-state index in [0.29, 0.717) is 24.9 Å². The van der Waals surface area contributed by atoms with Crippen LogP contribution in [-0.2, 0) is 14.3 Å². The number of hydrogen-bond donors (Lipinski definition) is 2. The van der Waals surface area contributed by atoms with Gasteiger partial charge in [0.05, 0.1) is 12.3 Å². The zero-order valence-electron chi connectivity index (χ0n) is 15.6. The molecule has 2 fully saturated rings. The van der Waals surface area contributed by atoms with Crippen LogP contribution in [0.15, 0.2) is 18.2 Å². The van der Waals surface area contributed by atoms with Gasteiger partial charge in [-0.3, -0.25) is 14.5 Å². The first-order chi connectivity index (χ1) is 13.0. The average molecular weight is 378 g/mol. The van der Waals surface area contributed by atoms with Crippen molar-refractivity contribution in [2.45, 2.75) is 38.3 Å². The lowest BCUT2D eigenvalue weighted by molar-refractivity contribution is -0.125. The molecule has 0 bridgehead atoms. The molecule has 0 spiro atoms. The maximum atomic E-state index is 14.5. The molecular formula is C19H27FN4O3. The number of morpholine rings is 1. The highest BCUT2D eigenvalue weighted by Crippen LogP contribution is 2.27. The molecule has 1 aliphatic carbocycles. The molecule has 8 heteroatoms. The molecule has 0 aromatic heterocycles. The minimum atomic E-state index is -0.557. The number of nitrogens with two attached hydrogens (primary N) is 1. The Morgan fingerprint density at radius 3 is 2.81 bits per heavy atom. The van der Waals surface area contributed by atoms with E-state index in [1.54, 1.807) is 6.07 Å². The third-order valence-electron chi connectivity index (χ3n) is 5.33. The maximum absolute atomic E-state index is 14.5. The van der Waals surface area contributed by atoms with Crippen LogP contribution in [0, 0.1) is 5.82 Å². The van der Waals surface area contributed by atoms with E-state index >= 15 is 0 Å². The third-order valence-corrected chi connectivity index (χ3v) is 5.33. The van der Waals surface area contributed by atoms with Gasteiger partial charge in [-0.05, 0) is 37.6 Å². The topological polar surface area (TPSA) is 87.9 Å². The largest absolute Gasteiger partial charge is 0.370 e. The number of rotatable bonds is 7. The highest BCUT2D eigenvalue weighted by Gasteiger charge is 2.32. The molecule has 0 unspecified atom stereocenters. The van der Waals surface area contributed by atoms with Gasteiger partial charge in [-0.1, -0.05) is 13.3 Å². The number of hydrogen-bond acceptors (Lipinski definition) is 5. The first-order valence-corrected chi connectivity index (χ1v) is 9.49. The summed E-state index contributed by atoms with van der Waals surface area (Å²) in [5, 5.41) is 2.76. The third kappa shape index (κ3) is 4.28. The molecule has 1 aromatic rings. The van der Waals surface area contributed by atoms with Gasteiger partial charge in [-0.15, -0.1) is 0 Å². The molecule has 2 aliphatic rings. The number of anilines is 2. The summed E-state index contributed by atoms with van der Waals surface area (Å²) in [5.41, 5.74) is 6.40. The van der Waals surface area contributed by atoms with Crippen molar-refractivity contribution in [3.8, 4) is 0 Å². The summed E-state index contributed by atoms with van der Waals surface area (Å²) in [7, 11) is 0. The molecule has 1 aliphatic heterocycles. The van der Waals surface area contributed by atoms with E-state index in [4.69, 9.17) is 10.5 Å². The van der Waals surface area contributed by atoms with Crippen molar-refractivity contribution in [1.82, 2.24) is 4.90 Å². The second-order valence-corrected chi connectivity index (χ2v) is 6.92. The normalized spacial score (nSPS) is 19.1. The van der Waals surface area contributed by atoms with Gasteiger partial charge in [0.15, 0.2) is 0 Å². The van der Waals surface area contributed by atoms with Crippen molar-refractivity contribution >= 4 is 23.2 Å². The van der Waals surface area contributed by atoms with E-state index in [2.05, 4.69) is 10.2 Å². The van der Waals surface area contributed by atoms with Crippen molar-refractivity contribution in [2.24, 2.45) is 5.73 Å². The van der Waals surface area contributed by atoms with E-state index in [-0.39, 0.29) is 30.7 Å². The minimum absolute atomic E-state index is 0.0515. The van der Waals surface area contributed by atoms with E-state index in [0.717, 1.165) is 19.4 Å². The van der Waals surface area contributed by atoms with Crippen molar-refractivity contribution in [3.63, 3.8) is 0 Å². The van der Waals surface area contributed by atoms with Crippen LogP contribution in [0.25, 0.3) is 0 Å². The fourth-order valence-corrected chi connectivity index (χ4v) is 3.65. The van der Waals surface area contributed by atoms with Gasteiger partial charge in [0.25, 0.3) is 5.91 Å². The number of nitrogens with one attached hydrogen (secondary N) is 1. The van der Waals surface area contributed by atoms with Gasteiger partial charge in [0, 0.05) is 24.8 Å². The van der Waals surface area contributed by atoms with E-state index < -0.39 is 11.9 Å². The molecule has 1 aromatic carbocycles. The number of ether oxygens (including phenoxy) is 1. The predicted octanol–water partition coefficient (Wildman–Crippen LogP) is 1.33. The predicted molar refractivity (Wildman–Crippen MR) is 101 cm³/mol. The van der Waals surface area contributed by atoms with Gasteiger partial charge in [-0.2, -0.15) is 0 Å². The number of amides is 2. The van der Waals surface area contributed by atoms with Gasteiger partial charge < -0.3 is 20.7 Å². The molecule has 1 saturated carbocycles. The summed E-state index contributed by atoms with van der Waals surface area (Å²) in [6.07, 6.45) is 3.33. The lowest BCUT2D eigenvalue weighted by Crippen LogP contribution is -2.54. The molecule has 148 valence electrons. The number of carbonyl (C=O) groups is 2. The molecule has 3 N–H and O–H groups in total. The summed E-state index contributed by atoms with van der Waals surface area (Å²) in [4.78, 5) is 28.1. The molecule has 3 rings (SSSR count). The minimum Gasteiger partial charge on any atom is -0.370 e. The Morgan fingerprint density at radius 1 is 1.48 bits per heavy atom. The quantitative estimate of drug-likeness (QED) is 0.747. The molecule has 2 amide bonds. The van der Waals surface area contributed by atoms with Crippen LogP contribution in [0.3, 0.4) is 0 Å². The number of nitrogens with zero attached hydrogens (tertiary/aromatic N) is 2. The summed E-state index contributed by atoms with van der Waals surface area (Å²) in [5.74, 6) is -1.07. The van der Waals surface area contributed by atoms with Crippen LogP contribution in [0.2, 0.25) is 0 Å². The van der Waals surface area contributed by atoms with Crippen LogP contribution < -0.4 is 16.0 Å². The van der Waals surface area contributed by atoms with Gasteiger partial charge >= 0.3 is 0 Å². The van der Waals surface area contributed by atoms with E-state index in [1.165, 1.54) is 23.5 Å². The molecule has 27 heavy (non-hydrogen) atoms.